The number of β-amino-alcohol motifs (C(OH)–C–C–N with tert-alkyl or cyclic N) is 1. The van der Waals surface area contributed by atoms with Crippen LogP contribution in [0.25, 0.3) is 21.7 Å². The largest absolute Gasteiger partial charge is 0.507 e. The quantitative estimate of drug-likeness (QED) is 0.0846. The third kappa shape index (κ3) is 10.1. The molecule has 6 atom stereocenters. The van der Waals surface area contributed by atoms with Gasteiger partial charge in [-0.2, -0.15) is 0 Å². The maximum absolute atomic E-state index is 14.4. The lowest BCUT2D eigenvalue weighted by atomic mass is 9.82. The number of rotatable bonds is 15. The van der Waals surface area contributed by atoms with E-state index in [0.717, 1.165) is 105 Å². The maximum Gasteiger partial charge on any atom is 0.243 e. The third-order valence-corrected chi connectivity index (χ3v) is 16.9. The van der Waals surface area contributed by atoms with Crippen molar-refractivity contribution in [3.8, 4) is 33.3 Å². The number of hydrogen-bond donors (Lipinski definition) is 4. The summed E-state index contributed by atoms with van der Waals surface area (Å²) >= 11 is 1.60. The van der Waals surface area contributed by atoms with Crippen molar-refractivity contribution in [3.05, 3.63) is 102 Å². The van der Waals surface area contributed by atoms with Crippen molar-refractivity contribution in [2.24, 2.45) is 11.8 Å². The van der Waals surface area contributed by atoms with Gasteiger partial charge in [0.15, 0.2) is 17.4 Å². The van der Waals surface area contributed by atoms with Crippen molar-refractivity contribution in [1.29, 1.82) is 0 Å². The van der Waals surface area contributed by atoms with E-state index < -0.39 is 18.1 Å². The van der Waals surface area contributed by atoms with Crippen LogP contribution in [0.4, 0.5) is 23.0 Å². The van der Waals surface area contributed by atoms with Gasteiger partial charge in [-0.1, -0.05) is 55.4 Å². The number of piperazine rings is 2. The molecule has 19 heteroatoms. The van der Waals surface area contributed by atoms with Crippen LogP contribution in [-0.2, 0) is 9.59 Å². The molecule has 11 rings (SSSR count). The molecule has 1 saturated carbocycles. The number of benzene rings is 2. The molecular formula is C55H66N12O6S. The summed E-state index contributed by atoms with van der Waals surface area (Å²) in [6.07, 6.45) is 5.45. The first-order valence-corrected chi connectivity index (χ1v) is 27.0. The second-order valence-corrected chi connectivity index (χ2v) is 22.1. The predicted octanol–water partition coefficient (Wildman–Crippen LogP) is 6.66. The van der Waals surface area contributed by atoms with Crippen LogP contribution < -0.4 is 30.5 Å². The summed E-state index contributed by atoms with van der Waals surface area (Å²) < 4.78 is 12.4. The number of phenols is 1. The normalized spacial score (nSPS) is 23.8. The Balaban J connectivity index is 0.642. The molecule has 8 heterocycles. The molecule has 2 unspecified atom stereocenters. The number of anilines is 4. The number of phenolic OH excluding ortho intramolecular Hbond substituents is 1. The van der Waals surface area contributed by atoms with Crippen LogP contribution in [0.2, 0.25) is 0 Å². The Hall–Kier alpha value is -6.83. The Morgan fingerprint density at radius 3 is 2.38 bits per heavy atom. The van der Waals surface area contributed by atoms with E-state index in [-0.39, 0.29) is 48.6 Å². The van der Waals surface area contributed by atoms with Crippen molar-refractivity contribution in [2.45, 2.75) is 102 Å². The number of nitrogens with two attached hydrogens (primary N) is 1. The third-order valence-electron chi connectivity index (χ3n) is 15.9. The lowest BCUT2D eigenvalue weighted by Crippen LogP contribution is -2.54. The summed E-state index contributed by atoms with van der Waals surface area (Å²) in [6.45, 7) is 13.9. The monoisotopic (exact) mass is 1020 g/mol. The van der Waals surface area contributed by atoms with Gasteiger partial charge in [0.05, 0.1) is 39.6 Å². The van der Waals surface area contributed by atoms with Crippen molar-refractivity contribution < 1.29 is 29.1 Å². The standard InChI is InChI=1S/C55H66N12O6S/c1-32(2)51(55(71)66-30-41(68)24-46(66)54(70)59-33(3)36-9-11-37(12-10-36)52-34(4)58-31-74-52)48-26-49(62-73-48)64-19-17-63(18-20-64)27-35-21-42(22-35)72-50-23-38(15-16-57-50)67-39-13-14-40(67)29-65(28-39)45-25-44(60-61-53(45)56)43-7-5-6-8-47(43)69/h5-12,15-16,23,25-26,31-33,35,39-42,46,51,68-69H,13-14,17-22,24,27-30H2,1-4H3,(H2,56,61)(H,59,70)/t33-,35?,39?,40?,41+,42?,46-,51+/m0/s1. The minimum Gasteiger partial charge on any atom is -0.507 e. The molecule has 5 fully saturated rings. The van der Waals surface area contributed by atoms with Gasteiger partial charge in [0.2, 0.25) is 17.7 Å². The SMILES string of the molecule is Cc1ncsc1-c1ccc([C@H](C)NC(=O)[C@@H]2C[C@@H](O)CN2C(=O)[C@@H](c2cc(N3CCN(CC4CC(Oc5cc(N6C7CCC6CN(c6cc(-c8ccccc8O)nnc6N)C7)ccn5)C4)CC3)no2)C(C)C)cc1. The van der Waals surface area contributed by atoms with E-state index in [0.29, 0.717) is 52.5 Å². The molecule has 4 aliphatic heterocycles. The van der Waals surface area contributed by atoms with E-state index in [1.54, 1.807) is 23.5 Å². The van der Waals surface area contributed by atoms with E-state index >= 15 is 0 Å². The topological polar surface area (TPSA) is 216 Å². The number of ether oxygens (including phenoxy) is 1. The number of nitrogens with one attached hydrogen (secondary N) is 1. The molecule has 0 spiro atoms. The summed E-state index contributed by atoms with van der Waals surface area (Å²) in [5.74, 6) is 1.58. The number of nitrogens with zero attached hydrogens (tertiary/aromatic N) is 10. The summed E-state index contributed by atoms with van der Waals surface area (Å²) in [4.78, 5) is 49.4. The lowest BCUT2D eigenvalue weighted by molar-refractivity contribution is -0.141. The molecule has 388 valence electrons. The number of thiazole rings is 1. The number of aliphatic hydroxyl groups is 1. The van der Waals surface area contributed by atoms with Gasteiger partial charge in [0, 0.05) is 100 Å². The first kappa shape index (κ1) is 49.4. The number of aryl methyl sites for hydroxylation is 1. The summed E-state index contributed by atoms with van der Waals surface area (Å²) in [5, 5.41) is 37.4. The van der Waals surface area contributed by atoms with E-state index in [1.165, 1.54) is 4.90 Å². The number of likely N-dealkylation sites (tertiary alicyclic amines) is 1. The number of pyridine rings is 1. The van der Waals surface area contributed by atoms with Gasteiger partial charge < -0.3 is 50.1 Å². The molecule has 1 aliphatic carbocycles. The number of hydrogen-bond acceptors (Lipinski definition) is 17. The highest BCUT2D eigenvalue weighted by molar-refractivity contribution is 7.13. The summed E-state index contributed by atoms with van der Waals surface area (Å²) in [6, 6.07) is 22.7. The smallest absolute Gasteiger partial charge is 0.243 e. The van der Waals surface area contributed by atoms with E-state index in [4.69, 9.17) is 15.0 Å². The second-order valence-electron chi connectivity index (χ2n) is 21.3. The van der Waals surface area contributed by atoms with Crippen LogP contribution in [0, 0.1) is 18.8 Å². The Labute approximate surface area is 435 Å². The molecule has 0 radical (unpaired) electrons. The Kier molecular flexibility index (Phi) is 13.9. The summed E-state index contributed by atoms with van der Waals surface area (Å²) in [7, 11) is 0. The predicted molar refractivity (Wildman–Crippen MR) is 284 cm³/mol. The lowest BCUT2D eigenvalue weighted by Gasteiger charge is -2.43. The van der Waals surface area contributed by atoms with Crippen molar-refractivity contribution in [1.82, 2.24) is 40.4 Å². The van der Waals surface area contributed by atoms with E-state index in [2.05, 4.69) is 62.4 Å². The summed E-state index contributed by atoms with van der Waals surface area (Å²) in [5.41, 5.74) is 14.4. The molecule has 5 aliphatic rings. The molecule has 2 amide bonds. The number of nitrogen functional groups attached to an aromatic ring is 1. The number of carbonyl (C=O) groups excluding carboxylic acids is 2. The molecule has 4 saturated heterocycles. The number of fused-ring (bicyclic) bond motifs is 2. The Bertz CT molecular complexity index is 2940. The van der Waals surface area contributed by atoms with Gasteiger partial charge >= 0.3 is 0 Å². The Morgan fingerprint density at radius 1 is 0.905 bits per heavy atom. The number of aliphatic hydroxyl groups excluding tert-OH is 1. The first-order valence-electron chi connectivity index (χ1n) is 26.1. The van der Waals surface area contributed by atoms with Gasteiger partial charge in [-0.3, -0.25) is 14.5 Å². The highest BCUT2D eigenvalue weighted by atomic mass is 32.1. The fourth-order valence-electron chi connectivity index (χ4n) is 11.9. The highest BCUT2D eigenvalue weighted by Crippen LogP contribution is 2.41. The first-order chi connectivity index (χ1) is 35.8. The fourth-order valence-corrected chi connectivity index (χ4v) is 12.7. The Morgan fingerprint density at radius 2 is 1.66 bits per heavy atom. The maximum atomic E-state index is 14.4. The van der Waals surface area contributed by atoms with Crippen LogP contribution >= 0.6 is 11.3 Å². The van der Waals surface area contributed by atoms with Crippen LogP contribution in [0.3, 0.4) is 0 Å². The molecule has 18 nitrogen and oxygen atoms in total. The number of aromatic hydroxyl groups is 1. The number of amides is 2. The van der Waals surface area contributed by atoms with Crippen molar-refractivity contribution >= 4 is 46.2 Å². The molecule has 4 aromatic heterocycles. The second kappa shape index (κ2) is 20.8. The molecule has 74 heavy (non-hydrogen) atoms. The molecule has 2 aromatic carbocycles. The number of carbonyl (C=O) groups is 2. The van der Waals surface area contributed by atoms with Gasteiger partial charge in [-0.25, -0.2) is 9.97 Å². The van der Waals surface area contributed by atoms with Crippen LogP contribution in [0.5, 0.6) is 11.6 Å². The van der Waals surface area contributed by atoms with E-state index in [1.807, 2.05) is 87.9 Å². The number of aromatic nitrogens is 5. The highest BCUT2D eigenvalue weighted by Gasteiger charge is 2.45. The number of para-hydroxylation sites is 1. The molecular weight excluding hydrogens is 957 g/mol. The van der Waals surface area contributed by atoms with Crippen LogP contribution in [-0.4, -0.2) is 140 Å². The van der Waals surface area contributed by atoms with Crippen molar-refractivity contribution in [3.63, 3.8) is 0 Å². The van der Waals surface area contributed by atoms with Crippen molar-refractivity contribution in [2.75, 3.05) is 72.8 Å². The minimum atomic E-state index is -0.809. The van der Waals surface area contributed by atoms with Gasteiger partial charge in [0.25, 0.3) is 0 Å². The molecule has 5 N–H and O–H groups in total. The molecule has 2 bridgehead atoms. The average Bonchev–Trinajstić information content (AvgIpc) is 4.20. The fraction of sp³-hybridized carbons (Fsp3) is 0.473. The van der Waals surface area contributed by atoms with Gasteiger partial charge in [-0.15, -0.1) is 21.5 Å². The zero-order valence-electron chi connectivity index (χ0n) is 42.5. The average molecular weight is 1020 g/mol. The van der Waals surface area contributed by atoms with E-state index in [9.17, 15) is 19.8 Å². The zero-order valence-corrected chi connectivity index (χ0v) is 43.3. The van der Waals surface area contributed by atoms with Gasteiger partial charge in [0.1, 0.15) is 23.8 Å². The van der Waals surface area contributed by atoms with Gasteiger partial charge in [-0.05, 0) is 86.8 Å². The van der Waals surface area contributed by atoms with Crippen LogP contribution in [0.15, 0.2) is 89.0 Å². The minimum absolute atomic E-state index is 0.0764. The van der Waals surface area contributed by atoms with Crippen LogP contribution in [0.1, 0.15) is 81.9 Å². The molecule has 6 aromatic rings. The zero-order chi connectivity index (χ0) is 51.2.